The molecule has 0 spiro atoms. The molecule has 2 atom stereocenters. The first-order valence-electron chi connectivity index (χ1n) is 8.11. The molecule has 0 bridgehead atoms. The Kier molecular flexibility index (Phi) is 4.85. The lowest BCUT2D eigenvalue weighted by Crippen LogP contribution is -2.51. The fraction of sp³-hybridized carbons (Fsp3) is 0.647. The van der Waals surface area contributed by atoms with Crippen LogP contribution < -0.4 is 5.73 Å². The van der Waals surface area contributed by atoms with Crippen molar-refractivity contribution in [3.8, 4) is 0 Å². The topological polar surface area (TPSA) is 32.5 Å². The van der Waals surface area contributed by atoms with Crippen molar-refractivity contribution >= 4 is 11.6 Å². The molecule has 3 rings (SSSR count). The minimum Gasteiger partial charge on any atom is -0.326 e. The molecule has 1 heterocycles. The fourth-order valence-corrected chi connectivity index (χ4v) is 3.66. The van der Waals surface area contributed by atoms with Crippen molar-refractivity contribution in [2.24, 2.45) is 11.7 Å². The molecule has 1 aliphatic carbocycles. The van der Waals surface area contributed by atoms with Gasteiger partial charge in [-0.3, -0.25) is 4.90 Å². The van der Waals surface area contributed by atoms with E-state index in [2.05, 4.69) is 28.9 Å². The van der Waals surface area contributed by atoms with Crippen LogP contribution in [0, 0.1) is 5.92 Å². The van der Waals surface area contributed by atoms with E-state index in [1.807, 2.05) is 12.1 Å². The number of halogens is 1. The average molecular weight is 308 g/mol. The summed E-state index contributed by atoms with van der Waals surface area (Å²) in [5, 5.41) is 0.834. The van der Waals surface area contributed by atoms with Crippen LogP contribution in [0.15, 0.2) is 24.3 Å². The monoisotopic (exact) mass is 307 g/mol. The Balaban J connectivity index is 1.66. The van der Waals surface area contributed by atoms with Crippen LogP contribution in [0.4, 0.5) is 0 Å². The summed E-state index contributed by atoms with van der Waals surface area (Å²) in [5.41, 5.74) is 7.45. The second-order valence-corrected chi connectivity index (χ2v) is 7.01. The third-order valence-corrected chi connectivity index (χ3v) is 5.08. The van der Waals surface area contributed by atoms with Gasteiger partial charge in [0.1, 0.15) is 0 Å². The Morgan fingerprint density at radius 1 is 1.19 bits per heavy atom. The minimum atomic E-state index is 0.0832. The maximum Gasteiger partial charge on any atom is 0.0512 e. The summed E-state index contributed by atoms with van der Waals surface area (Å²) in [4.78, 5) is 5.12. The van der Waals surface area contributed by atoms with Crippen LogP contribution in [-0.2, 0) is 0 Å². The molecule has 2 fully saturated rings. The van der Waals surface area contributed by atoms with Gasteiger partial charge in [-0.1, -0.05) is 29.8 Å². The third kappa shape index (κ3) is 3.78. The molecule has 0 radical (unpaired) electrons. The molecule has 116 valence electrons. The van der Waals surface area contributed by atoms with Gasteiger partial charge in [-0.2, -0.15) is 0 Å². The smallest absolute Gasteiger partial charge is 0.0512 e. The van der Waals surface area contributed by atoms with Crippen molar-refractivity contribution < 1.29 is 0 Å². The number of nitrogens with two attached hydrogens (primary N) is 1. The second-order valence-electron chi connectivity index (χ2n) is 6.61. The highest BCUT2D eigenvalue weighted by Gasteiger charge is 2.31. The van der Waals surface area contributed by atoms with Crippen molar-refractivity contribution in [2.45, 2.75) is 31.8 Å². The molecule has 2 unspecified atom stereocenters. The highest BCUT2D eigenvalue weighted by molar-refractivity contribution is 6.31. The van der Waals surface area contributed by atoms with Crippen LogP contribution >= 0.6 is 11.6 Å². The number of nitrogens with zero attached hydrogens (tertiary/aromatic N) is 2. The number of rotatable bonds is 5. The van der Waals surface area contributed by atoms with Gasteiger partial charge in [0, 0.05) is 43.8 Å². The van der Waals surface area contributed by atoms with Gasteiger partial charge in [-0.15, -0.1) is 0 Å². The van der Waals surface area contributed by atoms with Gasteiger partial charge in [-0.05, 0) is 37.3 Å². The lowest BCUT2D eigenvalue weighted by atomic mass is 9.98. The van der Waals surface area contributed by atoms with E-state index in [4.69, 9.17) is 17.3 Å². The molecule has 4 heteroatoms. The predicted molar refractivity (Wildman–Crippen MR) is 88.6 cm³/mol. The minimum absolute atomic E-state index is 0.0832. The summed E-state index contributed by atoms with van der Waals surface area (Å²) < 4.78 is 0. The normalized spacial score (nSPS) is 24.0. The van der Waals surface area contributed by atoms with Gasteiger partial charge in [0.2, 0.25) is 0 Å². The zero-order valence-corrected chi connectivity index (χ0v) is 13.6. The van der Waals surface area contributed by atoms with Crippen molar-refractivity contribution in [2.75, 3.05) is 32.7 Å². The van der Waals surface area contributed by atoms with Crippen molar-refractivity contribution in [3.05, 3.63) is 34.9 Å². The second kappa shape index (κ2) is 6.66. The molecule has 3 nitrogen and oxygen atoms in total. The fourth-order valence-electron chi connectivity index (χ4n) is 3.42. The van der Waals surface area contributed by atoms with Crippen LogP contribution in [-0.4, -0.2) is 48.6 Å². The quantitative estimate of drug-likeness (QED) is 0.908. The first kappa shape index (κ1) is 15.3. The molecule has 2 N–H and O–H groups in total. The zero-order valence-electron chi connectivity index (χ0n) is 12.8. The highest BCUT2D eigenvalue weighted by Crippen LogP contribution is 2.32. The number of benzene rings is 1. The van der Waals surface area contributed by atoms with Crippen molar-refractivity contribution in [1.82, 2.24) is 9.80 Å². The maximum atomic E-state index is 6.40. The van der Waals surface area contributed by atoms with Crippen LogP contribution in [0.1, 0.15) is 31.4 Å². The maximum absolute atomic E-state index is 6.40. The molecule has 21 heavy (non-hydrogen) atoms. The Morgan fingerprint density at radius 2 is 1.86 bits per heavy atom. The Morgan fingerprint density at radius 3 is 2.43 bits per heavy atom. The lowest BCUT2D eigenvalue weighted by molar-refractivity contribution is 0.0843. The van der Waals surface area contributed by atoms with Crippen LogP contribution in [0.3, 0.4) is 0 Å². The number of hydrogen-bond donors (Lipinski definition) is 1. The summed E-state index contributed by atoms with van der Waals surface area (Å²) in [6.45, 7) is 7.87. The van der Waals surface area contributed by atoms with E-state index in [9.17, 15) is 0 Å². The summed E-state index contributed by atoms with van der Waals surface area (Å²) in [6.07, 6.45) is 2.87. The standard InChI is InChI=1S/C17H26ClN3/c1-13(19)17(15-4-2-3-5-16(15)18)21-10-8-20(9-11-21)12-14-6-7-14/h2-5,13-14,17H,6-12,19H2,1H3. The number of hydrogen-bond acceptors (Lipinski definition) is 3. The molecule has 1 aromatic rings. The molecule has 2 aliphatic rings. The molecule has 0 aromatic heterocycles. The van der Waals surface area contributed by atoms with E-state index >= 15 is 0 Å². The van der Waals surface area contributed by atoms with E-state index in [0.29, 0.717) is 0 Å². The lowest BCUT2D eigenvalue weighted by Gasteiger charge is -2.41. The van der Waals surface area contributed by atoms with Gasteiger partial charge in [0.05, 0.1) is 6.04 Å². The molecular formula is C17H26ClN3. The zero-order chi connectivity index (χ0) is 14.8. The van der Waals surface area contributed by atoms with E-state index in [1.165, 1.54) is 24.9 Å². The van der Waals surface area contributed by atoms with Gasteiger partial charge < -0.3 is 10.6 Å². The first-order chi connectivity index (χ1) is 10.1. The van der Waals surface area contributed by atoms with Crippen molar-refractivity contribution in [1.29, 1.82) is 0 Å². The van der Waals surface area contributed by atoms with E-state index in [-0.39, 0.29) is 12.1 Å². The Labute approximate surface area is 133 Å². The van der Waals surface area contributed by atoms with Gasteiger partial charge >= 0.3 is 0 Å². The van der Waals surface area contributed by atoms with E-state index in [0.717, 1.165) is 37.1 Å². The third-order valence-electron chi connectivity index (χ3n) is 4.74. The van der Waals surface area contributed by atoms with Crippen LogP contribution in [0.25, 0.3) is 0 Å². The summed E-state index contributed by atoms with van der Waals surface area (Å²) in [7, 11) is 0. The Bertz CT molecular complexity index is 465. The molecule has 1 aliphatic heterocycles. The SMILES string of the molecule is CC(N)C(c1ccccc1Cl)N1CCN(CC2CC2)CC1. The molecule has 1 saturated heterocycles. The van der Waals surface area contributed by atoms with Crippen molar-refractivity contribution in [3.63, 3.8) is 0 Å². The van der Waals surface area contributed by atoms with Crippen LogP contribution in [0.5, 0.6) is 0 Å². The molecule has 0 amide bonds. The van der Waals surface area contributed by atoms with Crippen LogP contribution in [0.2, 0.25) is 5.02 Å². The predicted octanol–water partition coefficient (Wildman–Crippen LogP) is 2.76. The average Bonchev–Trinajstić information content (AvgIpc) is 3.27. The summed E-state index contributed by atoms with van der Waals surface area (Å²) in [6, 6.07) is 8.43. The molecular weight excluding hydrogens is 282 g/mol. The number of piperazine rings is 1. The largest absolute Gasteiger partial charge is 0.326 e. The van der Waals surface area contributed by atoms with Gasteiger partial charge in [-0.25, -0.2) is 0 Å². The molecule has 1 saturated carbocycles. The molecule has 1 aromatic carbocycles. The first-order valence-corrected chi connectivity index (χ1v) is 8.49. The van der Waals surface area contributed by atoms with E-state index in [1.54, 1.807) is 0 Å². The van der Waals surface area contributed by atoms with E-state index < -0.39 is 0 Å². The highest BCUT2D eigenvalue weighted by atomic mass is 35.5. The van der Waals surface area contributed by atoms with Gasteiger partial charge in [0.15, 0.2) is 0 Å². The van der Waals surface area contributed by atoms with Gasteiger partial charge in [0.25, 0.3) is 0 Å². The Hall–Kier alpha value is -0.610. The summed E-state index contributed by atoms with van der Waals surface area (Å²) in [5.74, 6) is 0.976. The summed E-state index contributed by atoms with van der Waals surface area (Å²) >= 11 is 6.40.